The summed E-state index contributed by atoms with van der Waals surface area (Å²) in [7, 11) is -4.01. The molecule has 0 unspecified atom stereocenters. The van der Waals surface area contributed by atoms with Gasteiger partial charge in [0, 0.05) is 18.9 Å². The third-order valence-corrected chi connectivity index (χ3v) is 7.91. The SMILES string of the molecule is Cc1ccc(S(=O)(=O)Oc2ccc(C[C@H](NC(=O)C3CCC(CNC(=O)OC(C)(C)C)CC3)C(=O)O)cc2)cc1. The average molecular weight is 575 g/mol. The summed E-state index contributed by atoms with van der Waals surface area (Å²) < 4.78 is 35.4. The van der Waals surface area contributed by atoms with Crippen molar-refractivity contribution in [2.75, 3.05) is 6.54 Å². The Morgan fingerprint density at radius 1 is 0.975 bits per heavy atom. The van der Waals surface area contributed by atoms with Crippen LogP contribution in [0.5, 0.6) is 5.75 Å². The van der Waals surface area contributed by atoms with Gasteiger partial charge in [-0.2, -0.15) is 8.42 Å². The molecule has 2 aromatic rings. The lowest BCUT2D eigenvalue weighted by Crippen LogP contribution is -2.46. The number of alkyl carbamates (subject to hydrolysis) is 1. The molecule has 0 radical (unpaired) electrons. The van der Waals surface area contributed by atoms with Crippen molar-refractivity contribution >= 4 is 28.1 Å². The summed E-state index contributed by atoms with van der Waals surface area (Å²) in [6.45, 7) is 7.70. The fourth-order valence-corrected chi connectivity index (χ4v) is 5.39. The quantitative estimate of drug-likeness (QED) is 0.358. The van der Waals surface area contributed by atoms with Crippen molar-refractivity contribution in [2.45, 2.75) is 76.3 Å². The van der Waals surface area contributed by atoms with Gasteiger partial charge in [0.05, 0.1) is 0 Å². The predicted octanol–water partition coefficient (Wildman–Crippen LogP) is 4.21. The minimum atomic E-state index is -4.01. The minimum absolute atomic E-state index is 0.0290. The summed E-state index contributed by atoms with van der Waals surface area (Å²) in [6.07, 6.45) is 2.23. The monoisotopic (exact) mass is 574 g/mol. The number of aryl methyl sites for hydroxylation is 1. The summed E-state index contributed by atoms with van der Waals surface area (Å²) in [6, 6.07) is 11.2. The van der Waals surface area contributed by atoms with Gasteiger partial charge in [-0.05, 0) is 89.1 Å². The van der Waals surface area contributed by atoms with Gasteiger partial charge >= 0.3 is 22.2 Å². The van der Waals surface area contributed by atoms with Crippen LogP contribution in [0, 0.1) is 18.8 Å². The molecule has 3 rings (SSSR count). The molecule has 40 heavy (non-hydrogen) atoms. The van der Waals surface area contributed by atoms with E-state index in [2.05, 4.69) is 10.6 Å². The van der Waals surface area contributed by atoms with Gasteiger partial charge in [-0.1, -0.05) is 29.8 Å². The van der Waals surface area contributed by atoms with Crippen LogP contribution in [0.4, 0.5) is 4.79 Å². The topological polar surface area (TPSA) is 148 Å². The van der Waals surface area contributed by atoms with Crippen LogP contribution in [0.15, 0.2) is 53.4 Å². The minimum Gasteiger partial charge on any atom is -0.480 e. The van der Waals surface area contributed by atoms with Gasteiger partial charge in [-0.25, -0.2) is 9.59 Å². The van der Waals surface area contributed by atoms with Gasteiger partial charge in [0.15, 0.2) is 0 Å². The summed E-state index contributed by atoms with van der Waals surface area (Å²) >= 11 is 0. The lowest BCUT2D eigenvalue weighted by molar-refractivity contribution is -0.142. The Labute approximate surface area is 235 Å². The standard InChI is InChI=1S/C29H38N2O8S/c1-19-5-15-24(16-6-19)40(36,37)39-23-13-9-20(10-14-23)17-25(27(33)34)31-26(32)22-11-7-21(8-12-22)18-30-28(35)38-29(2,3)4/h5-6,9-10,13-16,21-22,25H,7-8,11-12,17-18H2,1-4H3,(H,30,35)(H,31,32)(H,33,34)/t21?,22?,25-/m0/s1. The van der Waals surface area contributed by atoms with Crippen LogP contribution in [0.3, 0.4) is 0 Å². The first-order chi connectivity index (χ1) is 18.7. The number of benzene rings is 2. The zero-order valence-electron chi connectivity index (χ0n) is 23.3. The molecule has 11 heteroatoms. The Hall–Kier alpha value is -3.60. The van der Waals surface area contributed by atoms with Gasteiger partial charge in [0.1, 0.15) is 22.3 Å². The molecule has 10 nitrogen and oxygen atoms in total. The van der Waals surface area contributed by atoms with Crippen LogP contribution < -0.4 is 14.8 Å². The Balaban J connectivity index is 1.49. The molecular formula is C29H38N2O8S. The van der Waals surface area contributed by atoms with E-state index in [1.165, 1.54) is 24.3 Å². The second-order valence-corrected chi connectivity index (χ2v) is 12.7. The molecule has 218 valence electrons. The molecule has 2 aromatic carbocycles. The summed E-state index contributed by atoms with van der Waals surface area (Å²) in [5, 5.41) is 15.1. The molecule has 0 aromatic heterocycles. The zero-order chi connectivity index (χ0) is 29.5. The Morgan fingerprint density at radius 3 is 2.12 bits per heavy atom. The maximum atomic E-state index is 12.8. The number of carbonyl (C=O) groups excluding carboxylic acids is 2. The molecule has 0 aliphatic heterocycles. The number of carbonyl (C=O) groups is 3. The maximum absolute atomic E-state index is 12.8. The second kappa shape index (κ2) is 13.2. The van der Waals surface area contributed by atoms with Gasteiger partial charge < -0.3 is 24.7 Å². The predicted molar refractivity (Wildman–Crippen MR) is 148 cm³/mol. The number of hydrogen-bond acceptors (Lipinski definition) is 7. The van der Waals surface area contributed by atoms with E-state index in [-0.39, 0.29) is 34.8 Å². The first kappa shape index (κ1) is 30.9. The lowest BCUT2D eigenvalue weighted by atomic mass is 9.81. The number of carboxylic acid groups (broad SMARTS) is 1. The van der Waals surface area contributed by atoms with Gasteiger partial charge in [0.2, 0.25) is 5.91 Å². The number of rotatable bonds is 10. The van der Waals surface area contributed by atoms with E-state index in [9.17, 15) is 27.9 Å². The first-order valence-corrected chi connectivity index (χ1v) is 14.7. The number of hydrogen-bond donors (Lipinski definition) is 3. The summed E-state index contributed by atoms with van der Waals surface area (Å²) in [5.74, 6) is -1.45. The fraction of sp³-hybridized carbons (Fsp3) is 0.483. The highest BCUT2D eigenvalue weighted by atomic mass is 32.2. The Morgan fingerprint density at radius 2 is 1.57 bits per heavy atom. The van der Waals surface area contributed by atoms with E-state index < -0.39 is 33.8 Å². The average Bonchev–Trinajstić information content (AvgIpc) is 2.87. The highest BCUT2D eigenvalue weighted by Crippen LogP contribution is 2.29. The highest BCUT2D eigenvalue weighted by Gasteiger charge is 2.30. The molecule has 1 fully saturated rings. The molecule has 1 aliphatic carbocycles. The third-order valence-electron chi connectivity index (χ3n) is 6.64. The van der Waals surface area contributed by atoms with Crippen LogP contribution in [0.1, 0.15) is 57.6 Å². The molecule has 3 N–H and O–H groups in total. The van der Waals surface area contributed by atoms with E-state index in [0.717, 1.165) is 18.4 Å². The van der Waals surface area contributed by atoms with E-state index in [1.54, 1.807) is 45.0 Å². The van der Waals surface area contributed by atoms with Crippen LogP contribution in [0.25, 0.3) is 0 Å². The van der Waals surface area contributed by atoms with Crippen molar-refractivity contribution in [3.05, 3.63) is 59.7 Å². The van der Waals surface area contributed by atoms with Crippen molar-refractivity contribution in [2.24, 2.45) is 11.8 Å². The summed E-state index contributed by atoms with van der Waals surface area (Å²) in [4.78, 5) is 36.6. The van der Waals surface area contributed by atoms with Crippen molar-refractivity contribution in [1.82, 2.24) is 10.6 Å². The zero-order valence-corrected chi connectivity index (χ0v) is 24.1. The number of amides is 2. The van der Waals surface area contributed by atoms with Crippen molar-refractivity contribution in [3.63, 3.8) is 0 Å². The molecule has 1 saturated carbocycles. The van der Waals surface area contributed by atoms with Gasteiger partial charge in [-0.3, -0.25) is 4.79 Å². The molecule has 1 aliphatic rings. The van der Waals surface area contributed by atoms with Crippen molar-refractivity contribution in [1.29, 1.82) is 0 Å². The fourth-order valence-electron chi connectivity index (χ4n) is 4.46. The van der Waals surface area contributed by atoms with Crippen LogP contribution in [-0.2, 0) is 30.9 Å². The van der Waals surface area contributed by atoms with Gasteiger partial charge in [0.25, 0.3) is 0 Å². The smallest absolute Gasteiger partial charge is 0.407 e. The van der Waals surface area contributed by atoms with E-state index in [4.69, 9.17) is 8.92 Å². The molecule has 0 heterocycles. The maximum Gasteiger partial charge on any atom is 0.407 e. The normalized spacial score (nSPS) is 18.3. The third kappa shape index (κ3) is 9.55. The second-order valence-electron chi connectivity index (χ2n) is 11.2. The van der Waals surface area contributed by atoms with E-state index >= 15 is 0 Å². The lowest BCUT2D eigenvalue weighted by Gasteiger charge is -2.29. The highest BCUT2D eigenvalue weighted by molar-refractivity contribution is 7.87. The molecule has 0 spiro atoms. The largest absolute Gasteiger partial charge is 0.480 e. The van der Waals surface area contributed by atoms with Gasteiger partial charge in [-0.15, -0.1) is 0 Å². The summed E-state index contributed by atoms with van der Waals surface area (Å²) in [5.41, 5.74) is 0.951. The molecule has 0 bridgehead atoms. The number of nitrogens with one attached hydrogen (secondary N) is 2. The van der Waals surface area contributed by atoms with Crippen LogP contribution in [0.2, 0.25) is 0 Å². The van der Waals surface area contributed by atoms with Crippen molar-refractivity contribution < 1.29 is 36.8 Å². The molecule has 1 atom stereocenters. The van der Waals surface area contributed by atoms with E-state index in [0.29, 0.717) is 24.9 Å². The Kier molecular flexibility index (Phi) is 10.2. The van der Waals surface area contributed by atoms with Crippen LogP contribution in [-0.4, -0.2) is 49.7 Å². The van der Waals surface area contributed by atoms with E-state index in [1.807, 2.05) is 6.92 Å². The number of carboxylic acids is 1. The van der Waals surface area contributed by atoms with Crippen molar-refractivity contribution in [3.8, 4) is 5.75 Å². The number of aliphatic carboxylic acids is 1. The Bertz CT molecular complexity index is 1280. The van der Waals surface area contributed by atoms with Crippen LogP contribution >= 0.6 is 0 Å². The first-order valence-electron chi connectivity index (χ1n) is 13.3. The molecule has 0 saturated heterocycles. The molecular weight excluding hydrogens is 536 g/mol. The number of ether oxygens (including phenoxy) is 1. The molecule has 2 amide bonds.